The molecule has 192 valence electrons. The Balaban J connectivity index is 1.60. The molecule has 3 aromatic carbocycles. The first-order valence-corrected chi connectivity index (χ1v) is 12.3. The molecule has 0 saturated carbocycles. The number of nitrogens with one attached hydrogen (secondary N) is 1. The van der Waals surface area contributed by atoms with Crippen LogP contribution in [0.3, 0.4) is 0 Å². The molecule has 2 heterocycles. The third-order valence-electron chi connectivity index (χ3n) is 5.77. The fourth-order valence-electron chi connectivity index (χ4n) is 4.08. The summed E-state index contributed by atoms with van der Waals surface area (Å²) in [6.45, 7) is 1.90. The highest BCUT2D eigenvalue weighted by Crippen LogP contribution is 2.31. The molecule has 38 heavy (non-hydrogen) atoms. The Bertz CT molecular complexity index is 1720. The number of benzene rings is 3. The molecule has 0 aliphatic heterocycles. The van der Waals surface area contributed by atoms with Gasteiger partial charge in [0.1, 0.15) is 34.8 Å². The van der Waals surface area contributed by atoms with Crippen molar-refractivity contribution in [1.29, 1.82) is 0 Å². The molecule has 0 spiro atoms. The number of rotatable bonds is 8. The molecule has 0 radical (unpaired) electrons. The molecule has 0 unspecified atom stereocenters. The van der Waals surface area contributed by atoms with Crippen LogP contribution >= 0.6 is 11.3 Å². The number of anilines is 2. The van der Waals surface area contributed by atoms with Gasteiger partial charge in [-0.25, -0.2) is 18.6 Å². The van der Waals surface area contributed by atoms with E-state index in [1.807, 2.05) is 6.92 Å². The number of aromatic nitrogens is 3. The molecule has 0 fully saturated rings. The summed E-state index contributed by atoms with van der Waals surface area (Å²) in [7, 11) is 0. The van der Waals surface area contributed by atoms with Gasteiger partial charge in [0.2, 0.25) is 5.91 Å². The van der Waals surface area contributed by atoms with Crippen molar-refractivity contribution in [2.45, 2.75) is 20.0 Å². The summed E-state index contributed by atoms with van der Waals surface area (Å²) in [6.07, 6.45) is 1.72. The summed E-state index contributed by atoms with van der Waals surface area (Å²) in [5.74, 6) is -1.29. The van der Waals surface area contributed by atoms with E-state index in [0.717, 1.165) is 17.2 Å². The van der Waals surface area contributed by atoms with Crippen LogP contribution in [0.4, 0.5) is 20.3 Å². The predicted molar refractivity (Wildman–Crippen MR) is 141 cm³/mol. The molecule has 5 rings (SSSR count). The van der Waals surface area contributed by atoms with Crippen LogP contribution in [0.1, 0.15) is 16.1 Å². The van der Waals surface area contributed by atoms with Crippen LogP contribution in [0.25, 0.3) is 16.6 Å². The Labute approximate surface area is 219 Å². The molecule has 1 amide bonds. The van der Waals surface area contributed by atoms with Crippen LogP contribution in [0.5, 0.6) is 5.75 Å². The molecular formula is C27H21F2N5O3S. The number of amides is 1. The summed E-state index contributed by atoms with van der Waals surface area (Å²) in [5, 5.41) is 6.04. The van der Waals surface area contributed by atoms with Crippen molar-refractivity contribution in [3.63, 3.8) is 0 Å². The minimum Gasteiger partial charge on any atom is -0.484 e. The van der Waals surface area contributed by atoms with E-state index < -0.39 is 23.2 Å². The minimum atomic E-state index is -0.723. The second-order valence-electron chi connectivity index (χ2n) is 8.48. The lowest BCUT2D eigenvalue weighted by atomic mass is 10.1. The number of nitrogens with zero attached hydrogens (tertiary/aromatic N) is 3. The summed E-state index contributed by atoms with van der Waals surface area (Å²) in [6, 6.07) is 13.0. The highest BCUT2D eigenvalue weighted by Gasteiger charge is 2.18. The van der Waals surface area contributed by atoms with E-state index in [1.165, 1.54) is 46.2 Å². The smallest absolute Gasteiger partial charge is 0.354 e. The van der Waals surface area contributed by atoms with E-state index in [0.29, 0.717) is 16.1 Å². The quantitative estimate of drug-likeness (QED) is 0.297. The van der Waals surface area contributed by atoms with Gasteiger partial charge in [-0.05, 0) is 54.4 Å². The average molecular weight is 534 g/mol. The first-order valence-electron chi connectivity index (χ1n) is 11.5. The number of carbonyl (C=O) groups is 1. The van der Waals surface area contributed by atoms with Gasteiger partial charge in [0.25, 0.3) is 0 Å². The molecule has 0 aliphatic carbocycles. The number of ether oxygens (including phenoxy) is 1. The second-order valence-corrected chi connectivity index (χ2v) is 9.46. The van der Waals surface area contributed by atoms with Gasteiger partial charge in [0.15, 0.2) is 0 Å². The number of nitrogens with two attached hydrogens (primary N) is 1. The van der Waals surface area contributed by atoms with Gasteiger partial charge >= 0.3 is 5.69 Å². The van der Waals surface area contributed by atoms with Gasteiger partial charge in [0, 0.05) is 28.7 Å². The van der Waals surface area contributed by atoms with Crippen LogP contribution < -0.4 is 21.5 Å². The van der Waals surface area contributed by atoms with Crippen molar-refractivity contribution in [2.24, 2.45) is 5.73 Å². The van der Waals surface area contributed by atoms with E-state index in [9.17, 15) is 18.4 Å². The third-order valence-corrected chi connectivity index (χ3v) is 6.53. The molecule has 0 saturated heterocycles. The maximum atomic E-state index is 14.4. The molecule has 2 aromatic heterocycles. The summed E-state index contributed by atoms with van der Waals surface area (Å²) in [5.41, 5.74) is 7.16. The molecule has 8 nitrogen and oxygen atoms in total. The molecular weight excluding hydrogens is 512 g/mol. The Morgan fingerprint density at radius 3 is 2.63 bits per heavy atom. The van der Waals surface area contributed by atoms with E-state index in [2.05, 4.69) is 15.3 Å². The molecule has 0 bridgehead atoms. The normalized spacial score (nSPS) is 11.0. The zero-order valence-electron chi connectivity index (χ0n) is 20.1. The SMILES string of the molecule is Cc1cc(CC(N)=O)ccc1Nc1nc(=O)n(-c2ccc(F)cc2OCc2nccs2)c2cc(F)ccc12. The Morgan fingerprint density at radius 1 is 1.11 bits per heavy atom. The van der Waals surface area contributed by atoms with Crippen molar-refractivity contribution in [3.8, 4) is 11.4 Å². The van der Waals surface area contributed by atoms with Crippen molar-refractivity contribution in [1.82, 2.24) is 14.5 Å². The summed E-state index contributed by atoms with van der Waals surface area (Å²) >= 11 is 1.37. The monoisotopic (exact) mass is 533 g/mol. The van der Waals surface area contributed by atoms with Crippen molar-refractivity contribution >= 4 is 39.7 Å². The molecule has 0 aliphatic rings. The maximum Gasteiger partial charge on any atom is 0.354 e. The number of aryl methyl sites for hydroxylation is 1. The van der Waals surface area contributed by atoms with Gasteiger partial charge in [-0.15, -0.1) is 11.3 Å². The number of hydrogen-bond acceptors (Lipinski definition) is 7. The third kappa shape index (κ3) is 5.23. The maximum absolute atomic E-state index is 14.4. The fraction of sp³-hybridized carbons (Fsp3) is 0.111. The fourth-order valence-corrected chi connectivity index (χ4v) is 4.61. The first kappa shape index (κ1) is 25.0. The van der Waals surface area contributed by atoms with Crippen LogP contribution in [-0.4, -0.2) is 20.4 Å². The minimum absolute atomic E-state index is 0.0628. The first-order chi connectivity index (χ1) is 18.3. The molecule has 3 N–H and O–H groups in total. The second kappa shape index (κ2) is 10.4. The topological polar surface area (TPSA) is 112 Å². The molecule has 0 atom stereocenters. The Morgan fingerprint density at radius 2 is 1.89 bits per heavy atom. The van der Waals surface area contributed by atoms with Crippen molar-refractivity contribution in [2.75, 3.05) is 5.32 Å². The zero-order valence-corrected chi connectivity index (χ0v) is 20.9. The number of hydrogen-bond donors (Lipinski definition) is 2. The zero-order chi connectivity index (χ0) is 26.8. The standard InChI is InChI=1S/C27H21F2N5O3S/c1-15-10-16(11-24(30)35)2-6-20(15)32-26-19-5-3-17(28)12-22(19)34(27(36)33-26)21-7-4-18(29)13-23(21)37-14-25-31-8-9-38-25/h2-10,12-13H,11,14H2,1H3,(H2,30,35)(H,32,33,36). The van der Waals surface area contributed by atoms with Crippen molar-refractivity contribution in [3.05, 3.63) is 104 Å². The lowest BCUT2D eigenvalue weighted by molar-refractivity contribution is -0.117. The highest BCUT2D eigenvalue weighted by atomic mass is 32.1. The number of carbonyl (C=O) groups excluding carboxylic acids is 1. The molecule has 11 heteroatoms. The van der Waals surface area contributed by atoms with Gasteiger partial charge in [0.05, 0.1) is 17.6 Å². The van der Waals surface area contributed by atoms with Gasteiger partial charge in [-0.1, -0.05) is 12.1 Å². The number of halogens is 2. The molecule has 5 aromatic rings. The Hall–Kier alpha value is -4.64. The average Bonchev–Trinajstić information content (AvgIpc) is 3.38. The van der Waals surface area contributed by atoms with E-state index in [-0.39, 0.29) is 35.8 Å². The van der Waals surface area contributed by atoms with Crippen LogP contribution in [0.15, 0.2) is 71.0 Å². The number of fused-ring (bicyclic) bond motifs is 1. The summed E-state index contributed by atoms with van der Waals surface area (Å²) < 4.78 is 35.6. The van der Waals surface area contributed by atoms with Gasteiger partial charge < -0.3 is 15.8 Å². The largest absolute Gasteiger partial charge is 0.484 e. The predicted octanol–water partition coefficient (Wildman–Crippen LogP) is 4.78. The lowest BCUT2D eigenvalue weighted by Gasteiger charge is -2.17. The van der Waals surface area contributed by atoms with Crippen LogP contribution in [0.2, 0.25) is 0 Å². The number of primary amides is 1. The van der Waals surface area contributed by atoms with E-state index >= 15 is 0 Å². The van der Waals surface area contributed by atoms with Crippen LogP contribution in [0, 0.1) is 18.6 Å². The van der Waals surface area contributed by atoms with E-state index in [1.54, 1.807) is 29.8 Å². The highest BCUT2D eigenvalue weighted by molar-refractivity contribution is 7.09. The Kier molecular flexibility index (Phi) is 6.84. The number of thiazole rings is 1. The van der Waals surface area contributed by atoms with E-state index in [4.69, 9.17) is 10.5 Å². The lowest BCUT2D eigenvalue weighted by Crippen LogP contribution is -2.24. The van der Waals surface area contributed by atoms with Gasteiger partial charge in [-0.2, -0.15) is 4.98 Å². The summed E-state index contributed by atoms with van der Waals surface area (Å²) in [4.78, 5) is 33.0. The van der Waals surface area contributed by atoms with Crippen LogP contribution in [-0.2, 0) is 17.8 Å². The van der Waals surface area contributed by atoms with Gasteiger partial charge in [-0.3, -0.25) is 9.36 Å². The van der Waals surface area contributed by atoms with Crippen molar-refractivity contribution < 1.29 is 18.3 Å².